The summed E-state index contributed by atoms with van der Waals surface area (Å²) in [5.41, 5.74) is 0.960. The Morgan fingerprint density at radius 3 is 2.35 bits per heavy atom. The summed E-state index contributed by atoms with van der Waals surface area (Å²) < 4.78 is 5.71. The summed E-state index contributed by atoms with van der Waals surface area (Å²) in [5.74, 6) is 1.49. The highest BCUT2D eigenvalue weighted by atomic mass is 16.5. The van der Waals surface area contributed by atoms with Crippen molar-refractivity contribution in [2.45, 2.75) is 46.1 Å². The maximum Gasteiger partial charge on any atom is 0.119 e. The van der Waals surface area contributed by atoms with Gasteiger partial charge in [0.1, 0.15) is 5.75 Å². The van der Waals surface area contributed by atoms with Gasteiger partial charge in [0.25, 0.3) is 0 Å². The fraction of sp³-hybridized carbons (Fsp3) is 0.600. The van der Waals surface area contributed by atoms with Gasteiger partial charge >= 0.3 is 0 Å². The quantitative estimate of drug-likeness (QED) is 0.777. The minimum atomic E-state index is -0.358. The van der Waals surface area contributed by atoms with E-state index in [1.807, 2.05) is 31.2 Å². The van der Waals surface area contributed by atoms with Gasteiger partial charge in [0.05, 0.1) is 12.7 Å². The summed E-state index contributed by atoms with van der Waals surface area (Å²) in [6, 6.07) is 7.75. The highest BCUT2D eigenvalue weighted by Gasteiger charge is 2.05. The zero-order valence-corrected chi connectivity index (χ0v) is 11.1. The van der Waals surface area contributed by atoms with Gasteiger partial charge in [-0.1, -0.05) is 39.3 Å². The van der Waals surface area contributed by atoms with Crippen LogP contribution < -0.4 is 4.74 Å². The Kier molecular flexibility index (Phi) is 6.06. The van der Waals surface area contributed by atoms with Crippen LogP contribution in [-0.2, 0) is 0 Å². The van der Waals surface area contributed by atoms with Crippen LogP contribution in [0.25, 0.3) is 0 Å². The first-order valence-electron chi connectivity index (χ1n) is 6.58. The number of aliphatic hydroxyl groups excluding tert-OH is 1. The molecule has 2 nitrogen and oxygen atoms in total. The number of rotatable bonds is 7. The first kappa shape index (κ1) is 14.0. The largest absolute Gasteiger partial charge is 0.493 e. The Hall–Kier alpha value is -1.02. The van der Waals surface area contributed by atoms with E-state index in [1.165, 1.54) is 12.8 Å². The summed E-state index contributed by atoms with van der Waals surface area (Å²) in [7, 11) is 0. The fourth-order valence-corrected chi connectivity index (χ4v) is 1.84. The third-order valence-corrected chi connectivity index (χ3v) is 2.97. The van der Waals surface area contributed by atoms with Crippen molar-refractivity contribution in [1.29, 1.82) is 0 Å². The zero-order valence-electron chi connectivity index (χ0n) is 11.1. The van der Waals surface area contributed by atoms with E-state index in [0.29, 0.717) is 5.92 Å². The SMILES string of the molecule is CCCC(C)COc1ccc([C@@H](O)CC)cc1. The molecule has 0 heterocycles. The van der Waals surface area contributed by atoms with Crippen molar-refractivity contribution < 1.29 is 9.84 Å². The van der Waals surface area contributed by atoms with Crippen molar-refractivity contribution in [3.63, 3.8) is 0 Å². The molecule has 1 N–H and O–H groups in total. The molecule has 2 atom stereocenters. The predicted octanol–water partition coefficient (Wildman–Crippen LogP) is 3.95. The zero-order chi connectivity index (χ0) is 12.7. The lowest BCUT2D eigenvalue weighted by molar-refractivity contribution is 0.173. The molecule has 0 saturated heterocycles. The van der Waals surface area contributed by atoms with Crippen molar-refractivity contribution in [2.75, 3.05) is 6.61 Å². The van der Waals surface area contributed by atoms with Crippen LogP contribution in [0.5, 0.6) is 5.75 Å². The van der Waals surface area contributed by atoms with E-state index in [9.17, 15) is 5.11 Å². The van der Waals surface area contributed by atoms with Gasteiger partial charge in [-0.2, -0.15) is 0 Å². The third-order valence-electron chi connectivity index (χ3n) is 2.97. The van der Waals surface area contributed by atoms with Crippen molar-refractivity contribution >= 4 is 0 Å². The number of ether oxygens (including phenoxy) is 1. The lowest BCUT2D eigenvalue weighted by atomic mass is 10.1. The summed E-state index contributed by atoms with van der Waals surface area (Å²) in [5, 5.41) is 9.67. The Bertz CT molecular complexity index is 305. The smallest absolute Gasteiger partial charge is 0.119 e. The summed E-state index contributed by atoms with van der Waals surface area (Å²) in [6.07, 6.45) is 2.79. The second kappa shape index (κ2) is 7.33. The number of hydrogen-bond donors (Lipinski definition) is 1. The maximum absolute atomic E-state index is 9.67. The van der Waals surface area contributed by atoms with E-state index in [4.69, 9.17) is 4.74 Å². The molecule has 0 aliphatic carbocycles. The van der Waals surface area contributed by atoms with Crippen LogP contribution >= 0.6 is 0 Å². The van der Waals surface area contributed by atoms with Crippen LogP contribution in [0.15, 0.2) is 24.3 Å². The lowest BCUT2D eigenvalue weighted by Crippen LogP contribution is -2.08. The van der Waals surface area contributed by atoms with Gasteiger partial charge in [-0.3, -0.25) is 0 Å². The Morgan fingerprint density at radius 1 is 1.18 bits per heavy atom. The van der Waals surface area contributed by atoms with Crippen molar-refractivity contribution in [3.8, 4) is 5.75 Å². The molecule has 0 aromatic heterocycles. The average molecular weight is 236 g/mol. The van der Waals surface area contributed by atoms with E-state index < -0.39 is 0 Å². The molecule has 0 fully saturated rings. The summed E-state index contributed by atoms with van der Waals surface area (Å²) in [6.45, 7) is 7.14. The first-order valence-corrected chi connectivity index (χ1v) is 6.58. The molecule has 1 aromatic carbocycles. The summed E-state index contributed by atoms with van der Waals surface area (Å²) >= 11 is 0. The Balaban J connectivity index is 2.45. The van der Waals surface area contributed by atoms with Gasteiger partial charge in [-0.25, -0.2) is 0 Å². The molecular formula is C15H24O2. The van der Waals surface area contributed by atoms with Crippen molar-refractivity contribution in [3.05, 3.63) is 29.8 Å². The van der Waals surface area contributed by atoms with E-state index in [2.05, 4.69) is 13.8 Å². The molecular weight excluding hydrogens is 212 g/mol. The lowest BCUT2D eigenvalue weighted by Gasteiger charge is -2.13. The highest BCUT2D eigenvalue weighted by Crippen LogP contribution is 2.20. The molecule has 0 spiro atoms. The van der Waals surface area contributed by atoms with Crippen LogP contribution in [0.4, 0.5) is 0 Å². The van der Waals surface area contributed by atoms with Gasteiger partial charge in [0.15, 0.2) is 0 Å². The molecule has 0 aliphatic rings. The van der Waals surface area contributed by atoms with Crippen molar-refractivity contribution in [1.82, 2.24) is 0 Å². The van der Waals surface area contributed by atoms with Crippen molar-refractivity contribution in [2.24, 2.45) is 5.92 Å². The second-order valence-electron chi connectivity index (χ2n) is 4.70. The topological polar surface area (TPSA) is 29.5 Å². The molecule has 1 unspecified atom stereocenters. The molecule has 0 bridgehead atoms. The molecule has 0 amide bonds. The van der Waals surface area contributed by atoms with Crippen LogP contribution in [0.1, 0.15) is 51.7 Å². The normalized spacial score (nSPS) is 14.4. The number of benzene rings is 1. The Labute approximate surface area is 105 Å². The van der Waals surface area contributed by atoms with E-state index in [0.717, 1.165) is 24.3 Å². The van der Waals surface area contributed by atoms with Gasteiger partial charge < -0.3 is 9.84 Å². The fourth-order valence-electron chi connectivity index (χ4n) is 1.84. The second-order valence-corrected chi connectivity index (χ2v) is 4.70. The first-order chi connectivity index (χ1) is 8.17. The molecule has 0 aliphatic heterocycles. The minimum Gasteiger partial charge on any atom is -0.493 e. The van der Waals surface area contributed by atoms with Crippen LogP contribution in [0.3, 0.4) is 0 Å². The molecule has 1 rings (SSSR count). The summed E-state index contributed by atoms with van der Waals surface area (Å²) in [4.78, 5) is 0. The van der Waals surface area contributed by atoms with Gasteiger partial charge in [-0.05, 0) is 36.5 Å². The predicted molar refractivity (Wildman–Crippen MR) is 71.3 cm³/mol. The molecule has 2 heteroatoms. The average Bonchev–Trinajstić information content (AvgIpc) is 2.36. The molecule has 0 saturated carbocycles. The molecule has 1 aromatic rings. The minimum absolute atomic E-state index is 0.358. The van der Waals surface area contributed by atoms with Crippen LogP contribution in [-0.4, -0.2) is 11.7 Å². The highest BCUT2D eigenvalue weighted by molar-refractivity contribution is 5.28. The number of hydrogen-bond acceptors (Lipinski definition) is 2. The maximum atomic E-state index is 9.67. The monoisotopic (exact) mass is 236 g/mol. The molecule has 96 valence electrons. The van der Waals surface area contributed by atoms with E-state index in [-0.39, 0.29) is 6.10 Å². The van der Waals surface area contributed by atoms with Gasteiger partial charge in [-0.15, -0.1) is 0 Å². The van der Waals surface area contributed by atoms with Crippen LogP contribution in [0.2, 0.25) is 0 Å². The Morgan fingerprint density at radius 2 is 1.82 bits per heavy atom. The van der Waals surface area contributed by atoms with Crippen LogP contribution in [0, 0.1) is 5.92 Å². The third kappa shape index (κ3) is 4.78. The van der Waals surface area contributed by atoms with E-state index >= 15 is 0 Å². The number of aliphatic hydroxyl groups is 1. The van der Waals surface area contributed by atoms with Gasteiger partial charge in [0, 0.05) is 0 Å². The molecule has 17 heavy (non-hydrogen) atoms. The standard InChI is InChI=1S/C15H24O2/c1-4-6-12(3)11-17-14-9-7-13(8-10-14)15(16)5-2/h7-10,12,15-16H,4-6,11H2,1-3H3/t12?,15-/m0/s1. The van der Waals surface area contributed by atoms with Gasteiger partial charge in [0.2, 0.25) is 0 Å². The molecule has 0 radical (unpaired) electrons. The van der Waals surface area contributed by atoms with E-state index in [1.54, 1.807) is 0 Å².